The molecule has 1 aromatic heterocycles. The van der Waals surface area contributed by atoms with Gasteiger partial charge in [-0.2, -0.15) is 5.10 Å². The van der Waals surface area contributed by atoms with Gasteiger partial charge in [0.15, 0.2) is 5.96 Å². The van der Waals surface area contributed by atoms with Gasteiger partial charge in [0.1, 0.15) is 0 Å². The molecule has 122 valence electrons. The van der Waals surface area contributed by atoms with Gasteiger partial charge in [-0.25, -0.2) is 0 Å². The maximum absolute atomic E-state index is 6.05. The number of hydrogen-bond donors (Lipinski definition) is 2. The third kappa shape index (κ3) is 3.80. The van der Waals surface area contributed by atoms with Crippen LogP contribution in [0, 0.1) is 5.92 Å². The van der Waals surface area contributed by atoms with Crippen molar-refractivity contribution in [2.24, 2.45) is 23.7 Å². The normalized spacial score (nSPS) is 27.2. The average molecular weight is 305 g/mol. The molecule has 1 aliphatic carbocycles. The molecule has 6 nitrogen and oxygen atoms in total. The van der Waals surface area contributed by atoms with E-state index in [1.807, 2.05) is 24.1 Å². The predicted octanol–water partition coefficient (Wildman–Crippen LogP) is 1.73. The zero-order valence-corrected chi connectivity index (χ0v) is 13.4. The summed E-state index contributed by atoms with van der Waals surface area (Å²) in [5.74, 6) is 0.972. The number of hydrogen-bond acceptors (Lipinski definition) is 3. The van der Waals surface area contributed by atoms with E-state index in [9.17, 15) is 0 Å². The van der Waals surface area contributed by atoms with Crippen LogP contribution in [0.25, 0.3) is 0 Å². The Labute approximate surface area is 132 Å². The Hall–Kier alpha value is -1.56. The van der Waals surface area contributed by atoms with Gasteiger partial charge in [-0.3, -0.25) is 9.67 Å². The van der Waals surface area contributed by atoms with Crippen molar-refractivity contribution in [2.75, 3.05) is 13.2 Å². The molecule has 1 saturated carbocycles. The average Bonchev–Trinajstić information content (AvgIpc) is 3.14. The Morgan fingerprint density at radius 1 is 1.41 bits per heavy atom. The molecular weight excluding hydrogens is 278 g/mol. The van der Waals surface area contributed by atoms with E-state index in [0.717, 1.165) is 18.6 Å². The predicted molar refractivity (Wildman–Crippen MR) is 86.5 cm³/mol. The smallest absolute Gasteiger partial charge is 0.188 e. The molecule has 2 heterocycles. The number of aryl methyl sites for hydroxylation is 1. The molecule has 2 aliphatic rings. The molecule has 0 unspecified atom stereocenters. The summed E-state index contributed by atoms with van der Waals surface area (Å²) in [6.07, 6.45) is 11.4. The molecule has 3 rings (SSSR count). The molecule has 0 spiro atoms. The van der Waals surface area contributed by atoms with Crippen LogP contribution < -0.4 is 11.1 Å². The van der Waals surface area contributed by atoms with Crippen LogP contribution in [0.5, 0.6) is 0 Å². The lowest BCUT2D eigenvalue weighted by molar-refractivity contribution is 0.0925. The van der Waals surface area contributed by atoms with Crippen LogP contribution in [0.1, 0.15) is 50.2 Å². The van der Waals surface area contributed by atoms with Crippen molar-refractivity contribution >= 4 is 5.96 Å². The number of ether oxygens (including phenoxy) is 1. The van der Waals surface area contributed by atoms with Gasteiger partial charge in [0.25, 0.3) is 0 Å². The van der Waals surface area contributed by atoms with E-state index in [-0.39, 0.29) is 6.10 Å². The van der Waals surface area contributed by atoms with Crippen molar-refractivity contribution in [3.05, 3.63) is 18.0 Å². The second kappa shape index (κ2) is 7.13. The Morgan fingerprint density at radius 3 is 2.95 bits per heavy atom. The highest BCUT2D eigenvalue weighted by atomic mass is 16.5. The molecule has 0 aromatic carbocycles. The first-order chi connectivity index (χ1) is 10.7. The lowest BCUT2D eigenvalue weighted by Gasteiger charge is -2.23. The van der Waals surface area contributed by atoms with Gasteiger partial charge in [0, 0.05) is 43.9 Å². The second-order valence-corrected chi connectivity index (χ2v) is 6.49. The first-order valence-corrected chi connectivity index (χ1v) is 8.39. The summed E-state index contributed by atoms with van der Waals surface area (Å²) in [6.45, 7) is 1.50. The zero-order valence-electron chi connectivity index (χ0n) is 13.4. The summed E-state index contributed by atoms with van der Waals surface area (Å²) in [7, 11) is 1.93. The largest absolute Gasteiger partial charge is 0.373 e. The van der Waals surface area contributed by atoms with Crippen LogP contribution in [0.4, 0.5) is 0 Å². The minimum atomic E-state index is 0.0972. The topological polar surface area (TPSA) is 77.5 Å². The van der Waals surface area contributed by atoms with Gasteiger partial charge < -0.3 is 15.8 Å². The number of nitrogens with one attached hydrogen (secondary N) is 1. The minimum absolute atomic E-state index is 0.0972. The molecule has 6 heteroatoms. The SMILES string of the molecule is Cn1cc([C@@H]2OCC[C@H]2CN=C(N)NC2CCCCC2)cn1. The molecule has 2 atom stereocenters. The van der Waals surface area contributed by atoms with Crippen LogP contribution in [-0.2, 0) is 11.8 Å². The lowest BCUT2D eigenvalue weighted by Crippen LogP contribution is -2.41. The third-order valence-corrected chi connectivity index (χ3v) is 4.72. The van der Waals surface area contributed by atoms with Gasteiger partial charge >= 0.3 is 0 Å². The summed E-state index contributed by atoms with van der Waals surface area (Å²) in [5.41, 5.74) is 7.19. The quantitative estimate of drug-likeness (QED) is 0.656. The number of rotatable bonds is 4. The van der Waals surface area contributed by atoms with Crippen molar-refractivity contribution in [1.82, 2.24) is 15.1 Å². The highest BCUT2D eigenvalue weighted by Gasteiger charge is 2.30. The Morgan fingerprint density at radius 2 is 2.23 bits per heavy atom. The van der Waals surface area contributed by atoms with Crippen molar-refractivity contribution in [3.8, 4) is 0 Å². The molecular formula is C16H27N5O. The summed E-state index contributed by atoms with van der Waals surface area (Å²) >= 11 is 0. The second-order valence-electron chi connectivity index (χ2n) is 6.49. The van der Waals surface area contributed by atoms with E-state index in [0.29, 0.717) is 24.5 Å². The first kappa shape index (κ1) is 15.3. The standard InChI is InChI=1S/C16H27N5O/c1-21-11-13(10-19-21)15-12(7-8-22-15)9-18-16(17)20-14-5-3-2-4-6-14/h10-12,14-15H,2-9H2,1H3,(H3,17,18,20)/t12-,15+/m0/s1. The zero-order chi connectivity index (χ0) is 15.4. The van der Waals surface area contributed by atoms with Crippen LogP contribution in [0.2, 0.25) is 0 Å². The molecule has 0 amide bonds. The number of aliphatic imine (C=N–C) groups is 1. The maximum atomic E-state index is 6.05. The highest BCUT2D eigenvalue weighted by Crippen LogP contribution is 2.34. The van der Waals surface area contributed by atoms with E-state index < -0.39 is 0 Å². The summed E-state index contributed by atoms with van der Waals surface area (Å²) < 4.78 is 7.68. The van der Waals surface area contributed by atoms with Crippen LogP contribution in [0.3, 0.4) is 0 Å². The molecule has 2 fully saturated rings. The molecule has 1 saturated heterocycles. The fourth-order valence-electron chi connectivity index (χ4n) is 3.49. The van der Waals surface area contributed by atoms with Crippen molar-refractivity contribution < 1.29 is 4.74 Å². The Balaban J connectivity index is 1.53. The van der Waals surface area contributed by atoms with Crippen LogP contribution in [0.15, 0.2) is 17.4 Å². The molecule has 3 N–H and O–H groups in total. The van der Waals surface area contributed by atoms with Gasteiger partial charge in [-0.1, -0.05) is 19.3 Å². The molecule has 0 bridgehead atoms. The Bertz CT molecular complexity index is 506. The van der Waals surface area contributed by atoms with Gasteiger partial charge in [0.2, 0.25) is 0 Å². The highest BCUT2D eigenvalue weighted by molar-refractivity contribution is 5.78. The fourth-order valence-corrected chi connectivity index (χ4v) is 3.49. The van der Waals surface area contributed by atoms with Gasteiger partial charge in [-0.15, -0.1) is 0 Å². The lowest BCUT2D eigenvalue weighted by atomic mass is 9.96. The van der Waals surface area contributed by atoms with E-state index >= 15 is 0 Å². The number of aromatic nitrogens is 2. The number of nitrogens with zero attached hydrogens (tertiary/aromatic N) is 3. The minimum Gasteiger partial charge on any atom is -0.373 e. The fraction of sp³-hybridized carbons (Fsp3) is 0.750. The molecule has 1 aromatic rings. The summed E-state index contributed by atoms with van der Waals surface area (Å²) in [5, 5.41) is 7.60. The summed E-state index contributed by atoms with van der Waals surface area (Å²) in [6, 6.07) is 0.506. The molecule has 0 radical (unpaired) electrons. The Kier molecular flexibility index (Phi) is 4.97. The van der Waals surface area contributed by atoms with Crippen molar-refractivity contribution in [3.63, 3.8) is 0 Å². The van der Waals surface area contributed by atoms with Crippen LogP contribution in [-0.4, -0.2) is 34.9 Å². The van der Waals surface area contributed by atoms with E-state index in [1.54, 1.807) is 0 Å². The van der Waals surface area contributed by atoms with Gasteiger partial charge in [-0.05, 0) is 19.3 Å². The van der Waals surface area contributed by atoms with Crippen molar-refractivity contribution in [1.29, 1.82) is 0 Å². The van der Waals surface area contributed by atoms with Gasteiger partial charge in [0.05, 0.1) is 12.3 Å². The molecule has 22 heavy (non-hydrogen) atoms. The van der Waals surface area contributed by atoms with E-state index in [4.69, 9.17) is 10.5 Å². The molecule has 1 aliphatic heterocycles. The monoisotopic (exact) mass is 305 g/mol. The number of nitrogens with two attached hydrogens (primary N) is 1. The van der Waals surface area contributed by atoms with Crippen LogP contribution >= 0.6 is 0 Å². The first-order valence-electron chi connectivity index (χ1n) is 8.39. The summed E-state index contributed by atoms with van der Waals surface area (Å²) in [4.78, 5) is 4.56. The van der Waals surface area contributed by atoms with E-state index in [1.165, 1.54) is 32.1 Å². The van der Waals surface area contributed by atoms with Crippen molar-refractivity contribution in [2.45, 2.75) is 50.7 Å². The van der Waals surface area contributed by atoms with E-state index in [2.05, 4.69) is 15.4 Å². The number of guanidine groups is 1. The maximum Gasteiger partial charge on any atom is 0.188 e. The third-order valence-electron chi connectivity index (χ3n) is 4.72.